The van der Waals surface area contributed by atoms with E-state index in [0.29, 0.717) is 0 Å². The molecule has 0 bridgehead atoms. The highest BCUT2D eigenvalue weighted by atomic mass is 33.1. The van der Waals surface area contributed by atoms with Crippen LogP contribution in [-0.4, -0.2) is 22.1 Å². The van der Waals surface area contributed by atoms with E-state index >= 15 is 0 Å². The van der Waals surface area contributed by atoms with Crippen molar-refractivity contribution in [1.82, 2.24) is 0 Å². The van der Waals surface area contributed by atoms with Crippen molar-refractivity contribution >= 4 is 27.6 Å². The zero-order valence-electron chi connectivity index (χ0n) is 6.28. The average molecular weight is 192 g/mol. The smallest absolute Gasteiger partial charge is 0.317 e. The zero-order valence-corrected chi connectivity index (χ0v) is 7.92. The Hall–Kier alpha value is 0.170. The molecule has 1 unspecified atom stereocenters. The molecule has 1 aliphatic rings. The molecule has 0 radical (unpaired) electrons. The van der Waals surface area contributed by atoms with Gasteiger partial charge >= 0.3 is 5.97 Å². The second-order valence-electron chi connectivity index (χ2n) is 2.59. The van der Waals surface area contributed by atoms with Crippen LogP contribution in [0.3, 0.4) is 0 Å². The molecule has 1 atom stereocenters. The number of hydrogen-bond acceptors (Lipinski definition) is 3. The van der Waals surface area contributed by atoms with Crippen molar-refractivity contribution in [2.24, 2.45) is 0 Å². The number of hydrogen-bond donors (Lipinski definition) is 1. The van der Waals surface area contributed by atoms with E-state index in [-0.39, 0.29) is 5.25 Å². The zero-order chi connectivity index (χ0) is 8.10. The highest BCUT2D eigenvalue weighted by molar-refractivity contribution is 8.77. The normalized spacial score (nSPS) is 27.1. The molecule has 0 spiro atoms. The molecular formula is C7H12O2S2. The molecule has 1 aliphatic heterocycles. The molecule has 0 aromatic heterocycles. The maximum Gasteiger partial charge on any atom is 0.317 e. The molecule has 1 heterocycles. The van der Waals surface area contributed by atoms with E-state index in [1.165, 1.54) is 23.6 Å². The lowest BCUT2D eigenvalue weighted by Gasteiger charge is -2.13. The van der Waals surface area contributed by atoms with Gasteiger partial charge in [0.1, 0.15) is 5.25 Å². The average Bonchev–Trinajstić information content (AvgIpc) is 1.84. The van der Waals surface area contributed by atoms with Crippen LogP contribution in [0.1, 0.15) is 25.7 Å². The summed E-state index contributed by atoms with van der Waals surface area (Å²) in [5, 5.41) is 8.55. The van der Waals surface area contributed by atoms with Crippen molar-refractivity contribution in [2.75, 3.05) is 5.75 Å². The molecule has 0 aromatic rings. The molecule has 1 rings (SSSR count). The van der Waals surface area contributed by atoms with Gasteiger partial charge in [-0.25, -0.2) is 0 Å². The van der Waals surface area contributed by atoms with Crippen LogP contribution in [0.5, 0.6) is 0 Å². The molecule has 1 fully saturated rings. The molecule has 2 nitrogen and oxygen atoms in total. The lowest BCUT2D eigenvalue weighted by molar-refractivity contribution is -0.136. The van der Waals surface area contributed by atoms with Gasteiger partial charge < -0.3 is 5.11 Å². The highest BCUT2D eigenvalue weighted by Gasteiger charge is 2.18. The highest BCUT2D eigenvalue weighted by Crippen LogP contribution is 2.33. The van der Waals surface area contributed by atoms with Gasteiger partial charge in [0.2, 0.25) is 0 Å². The maximum atomic E-state index is 10.6. The Morgan fingerprint density at radius 1 is 1.36 bits per heavy atom. The summed E-state index contributed by atoms with van der Waals surface area (Å²) >= 11 is 0. The molecule has 0 amide bonds. The number of rotatable bonds is 1. The molecule has 64 valence electrons. The number of carboxylic acid groups (broad SMARTS) is 1. The predicted octanol–water partition coefficient (Wildman–Crippen LogP) is 2.40. The molecule has 1 N–H and O–H groups in total. The van der Waals surface area contributed by atoms with Crippen LogP contribution >= 0.6 is 21.6 Å². The first-order valence-electron chi connectivity index (χ1n) is 3.82. The summed E-state index contributed by atoms with van der Waals surface area (Å²) in [5.74, 6) is 0.457. The second-order valence-corrected chi connectivity index (χ2v) is 5.28. The predicted molar refractivity (Wildman–Crippen MR) is 49.9 cm³/mol. The fourth-order valence-electron chi connectivity index (χ4n) is 1.01. The van der Waals surface area contributed by atoms with Gasteiger partial charge in [-0.2, -0.15) is 0 Å². The van der Waals surface area contributed by atoms with Crippen molar-refractivity contribution in [3.8, 4) is 0 Å². The van der Waals surface area contributed by atoms with E-state index in [2.05, 4.69) is 0 Å². The molecule has 11 heavy (non-hydrogen) atoms. The number of carboxylic acids is 1. The van der Waals surface area contributed by atoms with Crippen LogP contribution in [0, 0.1) is 0 Å². The largest absolute Gasteiger partial charge is 0.480 e. The van der Waals surface area contributed by atoms with Gasteiger partial charge in [0.15, 0.2) is 0 Å². The number of carbonyl (C=O) groups is 1. The Kier molecular flexibility index (Phi) is 4.15. The summed E-state index contributed by atoms with van der Waals surface area (Å²) in [6, 6.07) is 0. The molecule has 4 heteroatoms. The third-order valence-electron chi connectivity index (χ3n) is 1.65. The monoisotopic (exact) mass is 192 g/mol. The first kappa shape index (κ1) is 9.26. The summed E-state index contributed by atoms with van der Waals surface area (Å²) in [7, 11) is 3.22. The Bertz CT molecular complexity index is 130. The Balaban J connectivity index is 2.32. The van der Waals surface area contributed by atoms with E-state index in [9.17, 15) is 4.79 Å². The van der Waals surface area contributed by atoms with Crippen LogP contribution in [0.25, 0.3) is 0 Å². The van der Waals surface area contributed by atoms with Crippen molar-refractivity contribution in [2.45, 2.75) is 30.9 Å². The molecule has 0 saturated carbocycles. The first-order valence-corrected chi connectivity index (χ1v) is 6.20. The van der Waals surface area contributed by atoms with Gasteiger partial charge in [-0.1, -0.05) is 34.4 Å². The van der Waals surface area contributed by atoms with Gasteiger partial charge in [0.25, 0.3) is 0 Å². The molecule has 0 aromatic carbocycles. The van der Waals surface area contributed by atoms with Crippen LogP contribution in [0.2, 0.25) is 0 Å². The minimum atomic E-state index is -0.649. The summed E-state index contributed by atoms with van der Waals surface area (Å²) in [5.41, 5.74) is 0. The van der Waals surface area contributed by atoms with Crippen molar-refractivity contribution in [1.29, 1.82) is 0 Å². The summed E-state index contributed by atoms with van der Waals surface area (Å²) < 4.78 is 0. The topological polar surface area (TPSA) is 37.3 Å². The fourth-order valence-corrected chi connectivity index (χ4v) is 3.61. The summed E-state index contributed by atoms with van der Waals surface area (Å²) in [4.78, 5) is 10.6. The molecule has 0 aliphatic carbocycles. The lowest BCUT2D eigenvalue weighted by Crippen LogP contribution is -2.16. The van der Waals surface area contributed by atoms with E-state index in [4.69, 9.17) is 5.11 Å². The van der Waals surface area contributed by atoms with Crippen LogP contribution in [-0.2, 0) is 4.79 Å². The second kappa shape index (κ2) is 4.93. The SMILES string of the molecule is O=C(O)C1CCCCCSS1. The summed E-state index contributed by atoms with van der Waals surface area (Å²) in [6.07, 6.45) is 4.35. The van der Waals surface area contributed by atoms with Gasteiger partial charge in [-0.15, -0.1) is 0 Å². The van der Waals surface area contributed by atoms with E-state index < -0.39 is 5.97 Å². The Labute approximate surface area is 74.5 Å². The minimum absolute atomic E-state index is 0.166. The van der Waals surface area contributed by atoms with Gasteiger partial charge in [0.05, 0.1) is 0 Å². The fraction of sp³-hybridized carbons (Fsp3) is 0.857. The minimum Gasteiger partial charge on any atom is -0.480 e. The van der Waals surface area contributed by atoms with Crippen LogP contribution in [0.15, 0.2) is 0 Å². The summed E-state index contributed by atoms with van der Waals surface area (Å²) in [6.45, 7) is 0. The van der Waals surface area contributed by atoms with Crippen LogP contribution in [0.4, 0.5) is 0 Å². The number of aliphatic carboxylic acids is 1. The third-order valence-corrected chi connectivity index (χ3v) is 4.52. The van der Waals surface area contributed by atoms with E-state index in [1.807, 2.05) is 0 Å². The Morgan fingerprint density at radius 3 is 2.91 bits per heavy atom. The molecule has 1 saturated heterocycles. The standard InChI is InChI=1S/C7H12O2S2/c8-7(9)6-4-2-1-3-5-10-11-6/h6H,1-5H2,(H,8,9). The van der Waals surface area contributed by atoms with Crippen molar-refractivity contribution < 1.29 is 9.90 Å². The van der Waals surface area contributed by atoms with Gasteiger partial charge in [-0.3, -0.25) is 4.79 Å². The van der Waals surface area contributed by atoms with Crippen LogP contribution < -0.4 is 0 Å². The van der Waals surface area contributed by atoms with Gasteiger partial charge in [0, 0.05) is 5.75 Å². The third kappa shape index (κ3) is 3.38. The lowest BCUT2D eigenvalue weighted by atomic mass is 10.1. The van der Waals surface area contributed by atoms with E-state index in [0.717, 1.165) is 18.6 Å². The first-order chi connectivity index (χ1) is 5.30. The molecular weight excluding hydrogens is 180 g/mol. The van der Waals surface area contributed by atoms with E-state index in [1.54, 1.807) is 10.8 Å². The van der Waals surface area contributed by atoms with Crippen molar-refractivity contribution in [3.63, 3.8) is 0 Å². The van der Waals surface area contributed by atoms with Crippen molar-refractivity contribution in [3.05, 3.63) is 0 Å². The quantitative estimate of drug-likeness (QED) is 0.647. The van der Waals surface area contributed by atoms with Gasteiger partial charge in [-0.05, 0) is 12.8 Å². The maximum absolute atomic E-state index is 10.6. The Morgan fingerprint density at radius 2 is 2.18 bits per heavy atom.